The molecule has 0 bridgehead atoms. The first-order valence-electron chi connectivity index (χ1n) is 6.84. The molecule has 20 heavy (non-hydrogen) atoms. The summed E-state index contributed by atoms with van der Waals surface area (Å²) in [6.45, 7) is 5.60. The molecule has 0 spiro atoms. The number of morpholine rings is 1. The van der Waals surface area contributed by atoms with Crippen LogP contribution < -0.4 is 5.32 Å². The quantitative estimate of drug-likeness (QED) is 0.833. The van der Waals surface area contributed by atoms with Gasteiger partial charge in [0.15, 0.2) is 0 Å². The predicted octanol–water partition coefficient (Wildman–Crippen LogP) is 0.724. The van der Waals surface area contributed by atoms with Crippen molar-refractivity contribution in [3.05, 3.63) is 23.7 Å². The second kappa shape index (κ2) is 7.42. The van der Waals surface area contributed by atoms with E-state index in [1.165, 1.54) is 7.11 Å². The van der Waals surface area contributed by atoms with Gasteiger partial charge in [0, 0.05) is 26.7 Å². The van der Waals surface area contributed by atoms with Crippen molar-refractivity contribution in [1.29, 1.82) is 0 Å². The molecule has 6 heteroatoms. The van der Waals surface area contributed by atoms with Gasteiger partial charge in [0.2, 0.25) is 5.91 Å². The number of carbonyl (C=O) groups excluding carboxylic acids is 1. The van der Waals surface area contributed by atoms with Crippen molar-refractivity contribution in [2.75, 3.05) is 46.6 Å². The number of methoxy groups -OCH3 is 1. The molecule has 1 aromatic heterocycles. The molecular formula is C14H22N2O4. The molecule has 0 radical (unpaired) electrons. The third-order valence-electron chi connectivity index (χ3n) is 3.34. The van der Waals surface area contributed by atoms with Gasteiger partial charge in [-0.1, -0.05) is 0 Å². The van der Waals surface area contributed by atoms with Crippen LogP contribution in [-0.2, 0) is 14.3 Å². The third-order valence-corrected chi connectivity index (χ3v) is 3.34. The number of nitrogens with one attached hydrogen (secondary N) is 1. The van der Waals surface area contributed by atoms with E-state index in [9.17, 15) is 4.79 Å². The van der Waals surface area contributed by atoms with E-state index in [0.717, 1.165) is 24.6 Å². The second-order valence-corrected chi connectivity index (χ2v) is 4.85. The van der Waals surface area contributed by atoms with E-state index in [4.69, 9.17) is 13.9 Å². The number of rotatable bonds is 6. The lowest BCUT2D eigenvalue weighted by molar-refractivity contribution is -0.125. The highest BCUT2D eigenvalue weighted by Crippen LogP contribution is 2.23. The average molecular weight is 282 g/mol. The molecule has 1 N–H and O–H groups in total. The maximum Gasteiger partial charge on any atom is 0.246 e. The lowest BCUT2D eigenvalue weighted by Crippen LogP contribution is -2.44. The van der Waals surface area contributed by atoms with Gasteiger partial charge < -0.3 is 19.2 Å². The van der Waals surface area contributed by atoms with Crippen LogP contribution in [-0.4, -0.2) is 57.4 Å². The van der Waals surface area contributed by atoms with Crippen LogP contribution in [0.25, 0.3) is 0 Å². The highest BCUT2D eigenvalue weighted by Gasteiger charge is 2.25. The van der Waals surface area contributed by atoms with E-state index >= 15 is 0 Å². The molecule has 112 valence electrons. The summed E-state index contributed by atoms with van der Waals surface area (Å²) >= 11 is 0. The van der Waals surface area contributed by atoms with Crippen molar-refractivity contribution in [2.24, 2.45) is 0 Å². The fraction of sp³-hybridized carbons (Fsp3) is 0.643. The summed E-state index contributed by atoms with van der Waals surface area (Å²) in [5, 5.41) is 2.88. The Morgan fingerprint density at radius 3 is 2.80 bits per heavy atom. The van der Waals surface area contributed by atoms with Gasteiger partial charge in [0.05, 0.1) is 19.3 Å². The molecule has 0 aliphatic carbocycles. The van der Waals surface area contributed by atoms with Crippen LogP contribution in [0.3, 0.4) is 0 Å². The average Bonchev–Trinajstić information content (AvgIpc) is 2.87. The molecule has 1 fully saturated rings. The zero-order valence-corrected chi connectivity index (χ0v) is 12.1. The Morgan fingerprint density at radius 1 is 1.45 bits per heavy atom. The number of furan rings is 1. The second-order valence-electron chi connectivity index (χ2n) is 4.85. The highest BCUT2D eigenvalue weighted by molar-refractivity contribution is 5.77. The van der Waals surface area contributed by atoms with E-state index in [2.05, 4.69) is 10.2 Å². The fourth-order valence-electron chi connectivity index (χ4n) is 2.32. The topological polar surface area (TPSA) is 63.9 Å². The Labute approximate surface area is 119 Å². The summed E-state index contributed by atoms with van der Waals surface area (Å²) in [5.41, 5.74) is 0. The van der Waals surface area contributed by atoms with Crippen molar-refractivity contribution in [3.63, 3.8) is 0 Å². The van der Waals surface area contributed by atoms with Gasteiger partial charge in [-0.2, -0.15) is 0 Å². The molecule has 1 aliphatic heterocycles. The van der Waals surface area contributed by atoms with Gasteiger partial charge >= 0.3 is 0 Å². The number of nitrogens with zero attached hydrogens (tertiary/aromatic N) is 1. The zero-order chi connectivity index (χ0) is 14.4. The van der Waals surface area contributed by atoms with Gasteiger partial charge in [-0.05, 0) is 19.1 Å². The summed E-state index contributed by atoms with van der Waals surface area (Å²) in [4.78, 5) is 13.8. The Hall–Kier alpha value is -1.37. The summed E-state index contributed by atoms with van der Waals surface area (Å²) in [7, 11) is 1.51. The normalized spacial score (nSPS) is 17.9. The molecule has 1 amide bonds. The Kier molecular flexibility index (Phi) is 5.58. The van der Waals surface area contributed by atoms with E-state index < -0.39 is 0 Å². The van der Waals surface area contributed by atoms with Crippen LogP contribution in [0, 0.1) is 6.92 Å². The minimum atomic E-state index is -0.117. The number of aryl methyl sites for hydroxylation is 1. The number of hydrogen-bond donors (Lipinski definition) is 1. The number of carbonyl (C=O) groups is 1. The van der Waals surface area contributed by atoms with Crippen LogP contribution in [0.15, 0.2) is 16.5 Å². The first-order valence-corrected chi connectivity index (χ1v) is 6.84. The van der Waals surface area contributed by atoms with Crippen molar-refractivity contribution in [2.45, 2.75) is 13.0 Å². The third kappa shape index (κ3) is 4.06. The number of ether oxygens (including phenoxy) is 2. The maximum absolute atomic E-state index is 11.6. The Morgan fingerprint density at radius 2 is 2.20 bits per heavy atom. The predicted molar refractivity (Wildman–Crippen MR) is 73.5 cm³/mol. The van der Waals surface area contributed by atoms with Gasteiger partial charge in [0.1, 0.15) is 18.1 Å². The van der Waals surface area contributed by atoms with E-state index in [1.807, 2.05) is 19.1 Å². The zero-order valence-electron chi connectivity index (χ0n) is 12.1. The molecule has 1 aliphatic rings. The van der Waals surface area contributed by atoms with Crippen LogP contribution in [0.1, 0.15) is 17.6 Å². The smallest absolute Gasteiger partial charge is 0.246 e. The molecule has 1 aromatic rings. The minimum absolute atomic E-state index is 0.0356. The highest BCUT2D eigenvalue weighted by atomic mass is 16.5. The van der Waals surface area contributed by atoms with Gasteiger partial charge in [-0.15, -0.1) is 0 Å². The van der Waals surface area contributed by atoms with Gasteiger partial charge in [-0.3, -0.25) is 9.69 Å². The largest absolute Gasteiger partial charge is 0.465 e. The van der Waals surface area contributed by atoms with E-state index in [1.54, 1.807) is 0 Å². The van der Waals surface area contributed by atoms with Crippen molar-refractivity contribution in [1.82, 2.24) is 10.2 Å². The molecular weight excluding hydrogens is 260 g/mol. The Balaban J connectivity index is 2.01. The molecule has 1 atom stereocenters. The van der Waals surface area contributed by atoms with Crippen LogP contribution >= 0.6 is 0 Å². The molecule has 2 heterocycles. The minimum Gasteiger partial charge on any atom is -0.465 e. The summed E-state index contributed by atoms with van der Waals surface area (Å²) < 4.78 is 15.9. The molecule has 1 saturated heterocycles. The molecule has 0 saturated carbocycles. The molecule has 0 aromatic carbocycles. The summed E-state index contributed by atoms with van der Waals surface area (Å²) in [6.07, 6.45) is 0. The lowest BCUT2D eigenvalue weighted by Gasteiger charge is -2.33. The van der Waals surface area contributed by atoms with Crippen molar-refractivity contribution < 1.29 is 18.7 Å². The standard InChI is InChI=1S/C14H22N2O4/c1-11-3-4-13(20-11)12(9-15-14(17)10-18-2)16-5-7-19-8-6-16/h3-4,12H,5-10H2,1-2H3,(H,15,17)/t12-/m0/s1. The first kappa shape index (κ1) is 15.0. The van der Waals surface area contributed by atoms with Crippen LogP contribution in [0.4, 0.5) is 0 Å². The first-order chi connectivity index (χ1) is 9.70. The van der Waals surface area contributed by atoms with Gasteiger partial charge in [0.25, 0.3) is 0 Å². The monoisotopic (exact) mass is 282 g/mol. The molecule has 6 nitrogen and oxygen atoms in total. The van der Waals surface area contributed by atoms with Crippen LogP contribution in [0.2, 0.25) is 0 Å². The molecule has 2 rings (SSSR count). The van der Waals surface area contributed by atoms with Crippen molar-refractivity contribution in [3.8, 4) is 0 Å². The SMILES string of the molecule is COCC(=O)NC[C@@H](c1ccc(C)o1)N1CCOCC1. The van der Waals surface area contributed by atoms with Crippen molar-refractivity contribution >= 4 is 5.91 Å². The number of hydrogen-bond acceptors (Lipinski definition) is 5. The van der Waals surface area contributed by atoms with E-state index in [0.29, 0.717) is 19.8 Å². The van der Waals surface area contributed by atoms with E-state index in [-0.39, 0.29) is 18.6 Å². The maximum atomic E-state index is 11.6. The van der Waals surface area contributed by atoms with Crippen LogP contribution in [0.5, 0.6) is 0 Å². The molecule has 0 unspecified atom stereocenters. The summed E-state index contributed by atoms with van der Waals surface area (Å²) in [5.74, 6) is 1.64. The summed E-state index contributed by atoms with van der Waals surface area (Å²) in [6, 6.07) is 3.95. The lowest BCUT2D eigenvalue weighted by atomic mass is 10.1. The number of amides is 1. The Bertz CT molecular complexity index is 427. The fourth-order valence-corrected chi connectivity index (χ4v) is 2.32. The van der Waals surface area contributed by atoms with Gasteiger partial charge in [-0.25, -0.2) is 0 Å².